The topological polar surface area (TPSA) is 34.9 Å². The van der Waals surface area contributed by atoms with Gasteiger partial charge in [-0.1, -0.05) is 0 Å². The maximum absolute atomic E-state index is 10.7. The molecule has 0 radical (unpaired) electrons. The second kappa shape index (κ2) is 4.09. The van der Waals surface area contributed by atoms with Crippen molar-refractivity contribution in [1.29, 1.82) is 0 Å². The van der Waals surface area contributed by atoms with E-state index in [1.165, 1.54) is 0 Å². The van der Waals surface area contributed by atoms with E-state index in [0.29, 0.717) is 12.2 Å². The zero-order valence-electron chi connectivity index (χ0n) is 8.55. The number of aldehydes is 1. The molecule has 0 fully saturated rings. The maximum Gasteiger partial charge on any atom is 0.166 e. The maximum atomic E-state index is 10.7. The molecule has 0 atom stereocenters. The van der Waals surface area contributed by atoms with Crippen molar-refractivity contribution >= 4 is 6.29 Å². The van der Waals surface area contributed by atoms with Gasteiger partial charge in [0.05, 0.1) is 5.69 Å². The van der Waals surface area contributed by atoms with E-state index in [1.54, 1.807) is 12.3 Å². The zero-order valence-corrected chi connectivity index (χ0v) is 8.55. The van der Waals surface area contributed by atoms with E-state index < -0.39 is 0 Å². The average Bonchev–Trinajstić information content (AvgIpc) is 2.65. The third kappa shape index (κ3) is 2.13. The van der Waals surface area contributed by atoms with E-state index >= 15 is 0 Å². The number of hydrogen-bond acceptors (Lipinski definition) is 2. The monoisotopic (exact) mass is 200 g/mol. The summed E-state index contributed by atoms with van der Waals surface area (Å²) in [5, 5.41) is 0. The lowest BCUT2D eigenvalue weighted by atomic mass is 10.2. The molecule has 15 heavy (non-hydrogen) atoms. The summed E-state index contributed by atoms with van der Waals surface area (Å²) in [5.74, 6) is 0. The fourth-order valence-corrected chi connectivity index (χ4v) is 1.58. The van der Waals surface area contributed by atoms with Gasteiger partial charge in [-0.05, 0) is 36.8 Å². The molecular weight excluding hydrogens is 188 g/mol. The standard InChI is InChI=1S/C12H12N2O/c1-10-7-11(4-5-13-10)8-14-6-2-3-12(14)9-15/h2-7,9H,8H2,1H3. The summed E-state index contributed by atoms with van der Waals surface area (Å²) in [6.45, 7) is 2.67. The van der Waals surface area contributed by atoms with Gasteiger partial charge in [0.1, 0.15) is 0 Å². The van der Waals surface area contributed by atoms with Gasteiger partial charge < -0.3 is 4.57 Å². The Balaban J connectivity index is 2.25. The van der Waals surface area contributed by atoms with Crippen molar-refractivity contribution in [3.63, 3.8) is 0 Å². The second-order valence-corrected chi connectivity index (χ2v) is 3.48. The summed E-state index contributed by atoms with van der Waals surface area (Å²) in [4.78, 5) is 14.8. The molecule has 0 unspecified atom stereocenters. The molecule has 0 aliphatic carbocycles. The van der Waals surface area contributed by atoms with Gasteiger partial charge in [0, 0.05) is 24.6 Å². The van der Waals surface area contributed by atoms with Gasteiger partial charge >= 0.3 is 0 Å². The number of pyridine rings is 1. The van der Waals surface area contributed by atoms with Crippen molar-refractivity contribution in [2.24, 2.45) is 0 Å². The highest BCUT2D eigenvalue weighted by Crippen LogP contribution is 2.06. The highest BCUT2D eigenvalue weighted by atomic mass is 16.1. The minimum atomic E-state index is 0.699. The van der Waals surface area contributed by atoms with Crippen LogP contribution in [-0.4, -0.2) is 15.8 Å². The van der Waals surface area contributed by atoms with Crippen LogP contribution in [-0.2, 0) is 6.54 Å². The number of nitrogens with zero attached hydrogens (tertiary/aromatic N) is 2. The van der Waals surface area contributed by atoms with Crippen LogP contribution in [0.4, 0.5) is 0 Å². The fraction of sp³-hybridized carbons (Fsp3) is 0.167. The molecule has 0 N–H and O–H groups in total. The average molecular weight is 200 g/mol. The van der Waals surface area contributed by atoms with E-state index in [2.05, 4.69) is 4.98 Å². The molecule has 3 heteroatoms. The van der Waals surface area contributed by atoms with Gasteiger partial charge in [-0.2, -0.15) is 0 Å². The second-order valence-electron chi connectivity index (χ2n) is 3.48. The SMILES string of the molecule is Cc1cc(Cn2cccc2C=O)ccn1. The van der Waals surface area contributed by atoms with Crippen molar-refractivity contribution in [2.75, 3.05) is 0 Å². The summed E-state index contributed by atoms with van der Waals surface area (Å²) >= 11 is 0. The van der Waals surface area contributed by atoms with Crippen molar-refractivity contribution in [2.45, 2.75) is 13.5 Å². The van der Waals surface area contributed by atoms with Gasteiger partial charge in [-0.25, -0.2) is 0 Å². The van der Waals surface area contributed by atoms with Crippen LogP contribution >= 0.6 is 0 Å². The Labute approximate surface area is 88.4 Å². The smallest absolute Gasteiger partial charge is 0.166 e. The molecule has 0 saturated heterocycles. The van der Waals surface area contributed by atoms with E-state index in [4.69, 9.17) is 0 Å². The Kier molecular flexibility index (Phi) is 2.63. The molecule has 0 amide bonds. The van der Waals surface area contributed by atoms with Crippen LogP contribution in [0, 0.1) is 6.92 Å². The number of aromatic nitrogens is 2. The summed E-state index contributed by atoms with van der Waals surface area (Å²) in [5.41, 5.74) is 2.85. The Morgan fingerprint density at radius 2 is 2.33 bits per heavy atom. The number of hydrogen-bond donors (Lipinski definition) is 0. The Morgan fingerprint density at radius 1 is 1.47 bits per heavy atom. The van der Waals surface area contributed by atoms with Gasteiger partial charge in [0.15, 0.2) is 6.29 Å². The molecular formula is C12H12N2O. The first kappa shape index (κ1) is 9.65. The molecule has 2 aromatic rings. The van der Waals surface area contributed by atoms with Gasteiger partial charge in [0.25, 0.3) is 0 Å². The first-order valence-electron chi connectivity index (χ1n) is 4.81. The van der Waals surface area contributed by atoms with Crippen LogP contribution in [0.2, 0.25) is 0 Å². The Bertz CT molecular complexity index is 474. The van der Waals surface area contributed by atoms with E-state index in [9.17, 15) is 4.79 Å². The van der Waals surface area contributed by atoms with Crippen LogP contribution in [0.1, 0.15) is 21.7 Å². The predicted molar refractivity (Wildman–Crippen MR) is 57.9 cm³/mol. The highest BCUT2D eigenvalue weighted by Gasteiger charge is 2.00. The molecule has 0 aliphatic rings. The first-order chi connectivity index (χ1) is 7.29. The lowest BCUT2D eigenvalue weighted by Gasteiger charge is -2.05. The van der Waals surface area contributed by atoms with E-state index in [1.807, 2.05) is 35.9 Å². The molecule has 76 valence electrons. The minimum Gasteiger partial charge on any atom is -0.341 e. The molecule has 0 spiro atoms. The zero-order chi connectivity index (χ0) is 10.7. The fourth-order valence-electron chi connectivity index (χ4n) is 1.58. The summed E-state index contributed by atoms with van der Waals surface area (Å²) in [6.07, 6.45) is 4.56. The predicted octanol–water partition coefficient (Wildman–Crippen LogP) is 2.05. The molecule has 0 aliphatic heterocycles. The summed E-state index contributed by atoms with van der Waals surface area (Å²) in [7, 11) is 0. The van der Waals surface area contributed by atoms with Crippen LogP contribution in [0.25, 0.3) is 0 Å². The van der Waals surface area contributed by atoms with Crippen molar-refractivity contribution in [3.05, 3.63) is 53.6 Å². The molecule has 0 aromatic carbocycles. The normalized spacial score (nSPS) is 10.2. The highest BCUT2D eigenvalue weighted by molar-refractivity contribution is 5.72. The Morgan fingerprint density at radius 3 is 3.07 bits per heavy atom. The van der Waals surface area contributed by atoms with Crippen LogP contribution < -0.4 is 0 Å². The lowest BCUT2D eigenvalue weighted by Crippen LogP contribution is -2.02. The number of carbonyl (C=O) groups excluding carboxylic acids is 1. The quantitative estimate of drug-likeness (QED) is 0.711. The molecule has 2 aromatic heterocycles. The van der Waals surface area contributed by atoms with Gasteiger partial charge in [-0.15, -0.1) is 0 Å². The Hall–Kier alpha value is -1.90. The third-order valence-corrected chi connectivity index (χ3v) is 2.30. The van der Waals surface area contributed by atoms with Crippen molar-refractivity contribution in [3.8, 4) is 0 Å². The summed E-state index contributed by atoms with van der Waals surface area (Å²) in [6, 6.07) is 7.66. The van der Waals surface area contributed by atoms with Crippen LogP contribution in [0.3, 0.4) is 0 Å². The molecule has 2 rings (SSSR count). The van der Waals surface area contributed by atoms with E-state index in [-0.39, 0.29) is 0 Å². The molecule has 3 nitrogen and oxygen atoms in total. The summed E-state index contributed by atoms with van der Waals surface area (Å²) < 4.78 is 1.92. The van der Waals surface area contributed by atoms with Crippen LogP contribution in [0.5, 0.6) is 0 Å². The third-order valence-electron chi connectivity index (χ3n) is 2.30. The lowest BCUT2D eigenvalue weighted by molar-refractivity contribution is 0.111. The first-order valence-corrected chi connectivity index (χ1v) is 4.81. The minimum absolute atomic E-state index is 0.699. The van der Waals surface area contributed by atoms with Crippen molar-refractivity contribution < 1.29 is 4.79 Å². The van der Waals surface area contributed by atoms with Crippen molar-refractivity contribution in [1.82, 2.24) is 9.55 Å². The number of rotatable bonds is 3. The molecule has 0 bridgehead atoms. The van der Waals surface area contributed by atoms with Gasteiger partial charge in [0.2, 0.25) is 0 Å². The molecule has 2 heterocycles. The van der Waals surface area contributed by atoms with E-state index in [0.717, 1.165) is 17.5 Å². The molecule has 0 saturated carbocycles. The number of aryl methyl sites for hydroxylation is 1. The largest absolute Gasteiger partial charge is 0.341 e. The van der Waals surface area contributed by atoms with Crippen LogP contribution in [0.15, 0.2) is 36.7 Å². The van der Waals surface area contributed by atoms with Gasteiger partial charge in [-0.3, -0.25) is 9.78 Å². The number of carbonyl (C=O) groups is 1.